The highest BCUT2D eigenvalue weighted by atomic mass is 16.5. The molecule has 1 saturated carbocycles. The van der Waals surface area contributed by atoms with Gasteiger partial charge in [-0.05, 0) is 38.3 Å². The first-order valence-electron chi connectivity index (χ1n) is 9.48. The van der Waals surface area contributed by atoms with Crippen LogP contribution in [-0.2, 0) is 9.59 Å². The lowest BCUT2D eigenvalue weighted by molar-refractivity contribution is -0.139. The fraction of sp³-hybridized carbons (Fsp3) is 0.550. The van der Waals surface area contributed by atoms with Crippen molar-refractivity contribution in [2.24, 2.45) is 0 Å². The Morgan fingerprint density at radius 2 is 1.89 bits per heavy atom. The maximum atomic E-state index is 12.3. The number of nitrogens with one attached hydrogen (secondary N) is 2. The molecule has 148 valence electrons. The molecule has 0 spiro atoms. The van der Waals surface area contributed by atoms with Crippen molar-refractivity contribution in [2.45, 2.75) is 57.4 Å². The number of amides is 2. The van der Waals surface area contributed by atoms with Crippen LogP contribution in [0.3, 0.4) is 0 Å². The number of hydrogen-bond donors (Lipinski definition) is 3. The average Bonchev–Trinajstić information content (AvgIpc) is 3.06. The summed E-state index contributed by atoms with van der Waals surface area (Å²) in [5.74, 6) is -0.760. The first-order chi connectivity index (χ1) is 13.0. The van der Waals surface area contributed by atoms with Gasteiger partial charge in [0.05, 0.1) is 24.1 Å². The lowest BCUT2D eigenvalue weighted by Crippen LogP contribution is -2.47. The average molecular weight is 376 g/mol. The minimum atomic E-state index is -0.891. The molecule has 0 heterocycles. The normalized spacial score (nSPS) is 15.1. The lowest BCUT2D eigenvalue weighted by Gasteiger charge is -2.28. The number of carbonyl (C=O) groups excluding carboxylic acids is 2. The van der Waals surface area contributed by atoms with E-state index in [9.17, 15) is 14.4 Å². The monoisotopic (exact) mass is 376 g/mol. The second-order valence-electron chi connectivity index (χ2n) is 6.89. The van der Waals surface area contributed by atoms with Crippen LogP contribution in [-0.4, -0.2) is 41.6 Å². The van der Waals surface area contributed by atoms with Gasteiger partial charge in [-0.1, -0.05) is 25.0 Å². The van der Waals surface area contributed by atoms with Crippen LogP contribution in [0.2, 0.25) is 0 Å². The Morgan fingerprint density at radius 3 is 2.56 bits per heavy atom. The minimum absolute atomic E-state index is 0.0380. The van der Waals surface area contributed by atoms with Gasteiger partial charge in [0, 0.05) is 13.0 Å². The maximum absolute atomic E-state index is 12.3. The number of hydrogen-bond acceptors (Lipinski definition) is 4. The van der Waals surface area contributed by atoms with E-state index in [1.54, 1.807) is 18.2 Å². The van der Waals surface area contributed by atoms with Crippen LogP contribution in [0.5, 0.6) is 5.75 Å². The van der Waals surface area contributed by atoms with Crippen LogP contribution in [0.25, 0.3) is 0 Å². The van der Waals surface area contributed by atoms with E-state index in [4.69, 9.17) is 9.84 Å². The van der Waals surface area contributed by atoms with Gasteiger partial charge in [-0.25, -0.2) is 0 Å². The summed E-state index contributed by atoms with van der Waals surface area (Å²) in [4.78, 5) is 35.6. The first kappa shape index (κ1) is 20.7. The Kier molecular flexibility index (Phi) is 7.64. The molecule has 2 amide bonds. The molecule has 27 heavy (non-hydrogen) atoms. The van der Waals surface area contributed by atoms with Crippen LogP contribution >= 0.6 is 0 Å². The van der Waals surface area contributed by atoms with Crippen molar-refractivity contribution in [3.8, 4) is 5.75 Å². The highest BCUT2D eigenvalue weighted by Crippen LogP contribution is 2.32. The summed E-state index contributed by atoms with van der Waals surface area (Å²) in [5, 5.41) is 14.8. The number of para-hydroxylation sites is 1. The third kappa shape index (κ3) is 6.27. The van der Waals surface area contributed by atoms with Crippen molar-refractivity contribution in [1.82, 2.24) is 10.6 Å². The molecule has 0 saturated heterocycles. The highest BCUT2D eigenvalue weighted by molar-refractivity contribution is 5.96. The second-order valence-corrected chi connectivity index (χ2v) is 6.89. The Hall–Kier alpha value is -2.57. The van der Waals surface area contributed by atoms with Crippen LogP contribution in [0.1, 0.15) is 62.2 Å². The topological polar surface area (TPSA) is 105 Å². The number of ether oxygens (including phenoxy) is 1. The van der Waals surface area contributed by atoms with Crippen molar-refractivity contribution in [3.05, 3.63) is 29.8 Å². The summed E-state index contributed by atoms with van der Waals surface area (Å²) < 4.78 is 5.45. The predicted molar refractivity (Wildman–Crippen MR) is 101 cm³/mol. The van der Waals surface area contributed by atoms with E-state index >= 15 is 0 Å². The van der Waals surface area contributed by atoms with Gasteiger partial charge in [-0.2, -0.15) is 0 Å². The van der Waals surface area contributed by atoms with E-state index in [1.165, 1.54) is 0 Å². The maximum Gasteiger partial charge on any atom is 0.305 e. The van der Waals surface area contributed by atoms with E-state index in [0.29, 0.717) is 43.7 Å². The molecule has 1 aromatic carbocycles. The number of rotatable bonds is 10. The summed E-state index contributed by atoms with van der Waals surface area (Å²) >= 11 is 0. The lowest BCUT2D eigenvalue weighted by atomic mass is 9.93. The van der Waals surface area contributed by atoms with Gasteiger partial charge >= 0.3 is 5.97 Å². The molecule has 0 bridgehead atoms. The van der Waals surface area contributed by atoms with Crippen molar-refractivity contribution >= 4 is 17.8 Å². The molecule has 0 radical (unpaired) electrons. The first-order valence-corrected chi connectivity index (χ1v) is 9.48. The number of carbonyl (C=O) groups is 3. The number of benzene rings is 1. The zero-order valence-corrected chi connectivity index (χ0v) is 15.8. The van der Waals surface area contributed by atoms with E-state index < -0.39 is 11.5 Å². The van der Waals surface area contributed by atoms with Crippen molar-refractivity contribution in [1.29, 1.82) is 0 Å². The molecule has 7 heteroatoms. The van der Waals surface area contributed by atoms with Gasteiger partial charge in [-0.3, -0.25) is 14.4 Å². The molecule has 0 unspecified atom stereocenters. The zero-order chi connectivity index (χ0) is 19.7. The van der Waals surface area contributed by atoms with Crippen LogP contribution in [0.15, 0.2) is 24.3 Å². The number of aliphatic carboxylic acids is 1. The van der Waals surface area contributed by atoms with Gasteiger partial charge < -0.3 is 20.5 Å². The molecule has 0 aromatic heterocycles. The molecule has 7 nitrogen and oxygen atoms in total. The van der Waals surface area contributed by atoms with Gasteiger partial charge in [0.1, 0.15) is 5.75 Å². The Labute approximate surface area is 159 Å². The minimum Gasteiger partial charge on any atom is -0.493 e. The molecule has 1 fully saturated rings. The predicted octanol–water partition coefficient (Wildman–Crippen LogP) is 2.50. The van der Waals surface area contributed by atoms with Crippen LogP contribution in [0.4, 0.5) is 0 Å². The van der Waals surface area contributed by atoms with Gasteiger partial charge in [-0.15, -0.1) is 0 Å². The molecule has 2 rings (SSSR count). The molecular weight excluding hydrogens is 348 g/mol. The fourth-order valence-corrected chi connectivity index (χ4v) is 3.53. The zero-order valence-electron chi connectivity index (χ0n) is 15.8. The fourth-order valence-electron chi connectivity index (χ4n) is 3.53. The van der Waals surface area contributed by atoms with Crippen LogP contribution in [0, 0.1) is 0 Å². The molecule has 3 N–H and O–H groups in total. The number of carboxylic acid groups (broad SMARTS) is 1. The Morgan fingerprint density at radius 1 is 1.19 bits per heavy atom. The van der Waals surface area contributed by atoms with Gasteiger partial charge in [0.15, 0.2) is 0 Å². The molecular formula is C20H28N2O5. The summed E-state index contributed by atoms with van der Waals surface area (Å²) in [5.41, 5.74) is -0.141. The highest BCUT2D eigenvalue weighted by Gasteiger charge is 2.37. The van der Waals surface area contributed by atoms with E-state index in [2.05, 4.69) is 10.6 Å². The smallest absolute Gasteiger partial charge is 0.305 e. The summed E-state index contributed by atoms with van der Waals surface area (Å²) in [7, 11) is 0. The van der Waals surface area contributed by atoms with Gasteiger partial charge in [0.2, 0.25) is 5.91 Å². The number of carboxylic acids is 1. The SMILES string of the molecule is CCOc1ccccc1C(=O)NCCCC(=O)NC1(CC(=O)O)CCCC1. The Balaban J connectivity index is 1.77. The van der Waals surface area contributed by atoms with Gasteiger partial charge in [0.25, 0.3) is 5.91 Å². The summed E-state index contributed by atoms with van der Waals surface area (Å²) in [6.07, 6.45) is 3.97. The van der Waals surface area contributed by atoms with Crippen LogP contribution < -0.4 is 15.4 Å². The van der Waals surface area contributed by atoms with E-state index in [1.807, 2.05) is 13.0 Å². The van der Waals surface area contributed by atoms with Crippen molar-refractivity contribution in [2.75, 3.05) is 13.2 Å². The molecule has 1 aliphatic carbocycles. The van der Waals surface area contributed by atoms with E-state index in [0.717, 1.165) is 12.8 Å². The molecule has 1 aromatic rings. The van der Waals surface area contributed by atoms with E-state index in [-0.39, 0.29) is 24.7 Å². The summed E-state index contributed by atoms with van der Waals surface area (Å²) in [6.45, 7) is 2.69. The third-order valence-electron chi connectivity index (χ3n) is 4.75. The third-order valence-corrected chi connectivity index (χ3v) is 4.75. The second kappa shape index (κ2) is 9.94. The largest absolute Gasteiger partial charge is 0.493 e. The van der Waals surface area contributed by atoms with Crippen molar-refractivity contribution in [3.63, 3.8) is 0 Å². The van der Waals surface area contributed by atoms with Crippen molar-refractivity contribution < 1.29 is 24.2 Å². The molecule has 1 aliphatic rings. The Bertz CT molecular complexity index is 668. The molecule has 0 aliphatic heterocycles. The summed E-state index contributed by atoms with van der Waals surface area (Å²) in [6, 6.07) is 7.02. The quantitative estimate of drug-likeness (QED) is 0.544. The standard InChI is InChI=1S/C20H28N2O5/c1-2-27-16-9-4-3-8-15(16)19(26)21-13-7-10-17(23)22-20(14-18(24)25)11-5-6-12-20/h3-4,8-9H,2,5-7,10-14H2,1H3,(H,21,26)(H,22,23)(H,24,25). The molecule has 0 atom stereocenters.